The minimum Gasteiger partial charge on any atom is -0.481 e. The van der Waals surface area contributed by atoms with Crippen molar-refractivity contribution >= 4 is 11.9 Å². The van der Waals surface area contributed by atoms with Gasteiger partial charge in [0.05, 0.1) is 56.8 Å². The Morgan fingerprint density at radius 2 is 1.01 bits per heavy atom. The van der Waals surface area contributed by atoms with Crippen molar-refractivity contribution in [3.8, 4) is 0 Å². The number of fused-ring (bicyclic) bond motifs is 7. The van der Waals surface area contributed by atoms with E-state index in [-0.39, 0.29) is 25.7 Å². The average Bonchev–Trinajstić information content (AvgIpc) is 0.669. The predicted molar refractivity (Wildman–Crippen MR) is 313 cm³/mol. The largest absolute Gasteiger partial charge is 0.481 e. The molecular formula is C63H100O33. The molecule has 33 heteroatoms. The van der Waals surface area contributed by atoms with Gasteiger partial charge in [-0.2, -0.15) is 0 Å². The van der Waals surface area contributed by atoms with Gasteiger partial charge in [0.2, 0.25) is 6.29 Å². The molecule has 0 aromatic heterocycles. The SMILES string of the molecule is C[C@@H]1O[C@@H](O[C@H]2[C@H](OC(=O)[C@]34CCC(C)(C)C[C@H]3C3=CC[C@@H]5[C@@]6(C)C[C@H](O)[C@H](O[C@@H]7O[C@H](CO)[C@@H](O)[C@H](O)[C@H]7O[C@@H]7O[C@H](CO)[C@@H](O)[C@H](O)[C@H]7O)[C@@](C)(C(=O)O)[C@@H]6CC[C@@]5(C)[C@]3(C)C[C@H]4O)OC[C@H](O)[C@@H]2O)[C@H](O)[C@H](O[C@@H]2OC[C@H](O)[C@H](O)[C@H]2O)[C@H]1O[C@@H]1OC[C@@H](O)[C@H](O)[C@H]1O. The number of carboxylic acid groups (broad SMARTS) is 1. The number of hydrogen-bond acceptors (Lipinski definition) is 32. The minimum atomic E-state index is -2.05. The molecule has 0 bridgehead atoms. The summed E-state index contributed by atoms with van der Waals surface area (Å²) in [4.78, 5) is 29.9. The maximum absolute atomic E-state index is 15.7. The molecule has 38 atom stereocenters. The van der Waals surface area contributed by atoms with E-state index in [1.807, 2.05) is 27.7 Å². The number of carbonyl (C=O) groups excluding carboxylic acids is 1. The zero-order chi connectivity index (χ0) is 70.2. The van der Waals surface area contributed by atoms with Crippen molar-refractivity contribution in [3.63, 3.8) is 0 Å². The lowest BCUT2D eigenvalue weighted by atomic mass is 9.33. The molecule has 6 saturated heterocycles. The minimum absolute atomic E-state index is 0.0204. The second-order valence-electron chi connectivity index (χ2n) is 30.6. The monoisotopic (exact) mass is 1380 g/mol. The fraction of sp³-hybridized carbons (Fsp3) is 0.937. The zero-order valence-corrected chi connectivity index (χ0v) is 54.5. The number of esters is 1. The number of rotatable bonds is 15. The quantitative estimate of drug-likeness (QED) is 0.0412. The topological polar surface area (TPSA) is 529 Å². The Balaban J connectivity index is 0.857. The van der Waals surface area contributed by atoms with Crippen molar-refractivity contribution in [1.29, 1.82) is 0 Å². The first-order valence-electron chi connectivity index (χ1n) is 33.3. The molecule has 0 radical (unpaired) electrons. The first-order valence-corrected chi connectivity index (χ1v) is 33.3. The fourth-order valence-electron chi connectivity index (χ4n) is 18.7. The highest BCUT2D eigenvalue weighted by atomic mass is 16.8. The Labute approximate surface area is 552 Å². The summed E-state index contributed by atoms with van der Waals surface area (Å²) in [7, 11) is 0. The Hall–Kier alpha value is -2.48. The van der Waals surface area contributed by atoms with Gasteiger partial charge in [-0.1, -0.05) is 46.3 Å². The van der Waals surface area contributed by atoms with Gasteiger partial charge in [-0.25, -0.2) is 0 Å². The number of ether oxygens (including phenoxy) is 12. The molecule has 11 aliphatic rings. The van der Waals surface area contributed by atoms with E-state index in [0.29, 0.717) is 25.7 Å². The molecule has 19 N–H and O–H groups in total. The third-order valence-electron chi connectivity index (χ3n) is 24.5. The summed E-state index contributed by atoms with van der Waals surface area (Å²) in [5.41, 5.74) is -5.98. The van der Waals surface area contributed by atoms with Gasteiger partial charge in [-0.05, 0) is 105 Å². The van der Waals surface area contributed by atoms with E-state index in [1.54, 1.807) is 0 Å². The summed E-state index contributed by atoms with van der Waals surface area (Å²) >= 11 is 0. The van der Waals surface area contributed by atoms with E-state index in [0.717, 1.165) is 5.57 Å². The van der Waals surface area contributed by atoms with Gasteiger partial charge in [0.1, 0.15) is 127 Å². The van der Waals surface area contributed by atoms with Gasteiger partial charge in [0.25, 0.3) is 0 Å². The number of aliphatic hydroxyl groups excluding tert-OH is 18. The molecule has 0 unspecified atom stereocenters. The van der Waals surface area contributed by atoms with Crippen molar-refractivity contribution in [2.45, 2.75) is 284 Å². The van der Waals surface area contributed by atoms with E-state index in [2.05, 4.69) is 13.0 Å². The Kier molecular flexibility index (Phi) is 21.5. The zero-order valence-electron chi connectivity index (χ0n) is 54.5. The number of aliphatic carboxylic acids is 1. The summed E-state index contributed by atoms with van der Waals surface area (Å²) in [5.74, 6) is -4.23. The van der Waals surface area contributed by atoms with Gasteiger partial charge in [-0.3, -0.25) is 9.59 Å². The lowest BCUT2D eigenvalue weighted by Crippen LogP contribution is -2.71. The number of aliphatic hydroxyl groups is 18. The van der Waals surface area contributed by atoms with Crippen molar-refractivity contribution in [1.82, 2.24) is 0 Å². The summed E-state index contributed by atoms with van der Waals surface area (Å²) in [5, 5.41) is 210. The number of hydrogen-bond donors (Lipinski definition) is 19. The summed E-state index contributed by atoms with van der Waals surface area (Å²) in [6.45, 7) is 9.63. The lowest BCUT2D eigenvalue weighted by Gasteiger charge is -2.71. The number of carboxylic acids is 1. The van der Waals surface area contributed by atoms with E-state index < -0.39 is 279 Å². The second-order valence-corrected chi connectivity index (χ2v) is 30.6. The van der Waals surface area contributed by atoms with Crippen LogP contribution < -0.4 is 0 Å². The highest BCUT2D eigenvalue weighted by Crippen LogP contribution is 2.76. The first-order chi connectivity index (χ1) is 44.9. The Morgan fingerprint density at radius 1 is 0.500 bits per heavy atom. The molecule has 550 valence electrons. The van der Waals surface area contributed by atoms with Gasteiger partial charge >= 0.3 is 11.9 Å². The molecule has 4 saturated carbocycles. The Bertz CT molecular complexity index is 2770. The molecule has 6 aliphatic heterocycles. The van der Waals surface area contributed by atoms with Crippen molar-refractivity contribution in [2.75, 3.05) is 33.0 Å². The number of carbonyl (C=O) groups is 2. The van der Waals surface area contributed by atoms with Crippen molar-refractivity contribution < 1.29 is 163 Å². The van der Waals surface area contributed by atoms with Crippen LogP contribution >= 0.6 is 0 Å². The third kappa shape index (κ3) is 12.3. The summed E-state index contributed by atoms with van der Waals surface area (Å²) < 4.78 is 71.6. The van der Waals surface area contributed by atoms with Crippen LogP contribution in [-0.2, 0) is 66.4 Å². The van der Waals surface area contributed by atoms with Crippen LogP contribution in [0.15, 0.2) is 11.6 Å². The predicted octanol–water partition coefficient (Wildman–Crippen LogP) is -6.44. The third-order valence-corrected chi connectivity index (χ3v) is 24.5. The molecule has 0 aromatic carbocycles. The van der Waals surface area contributed by atoms with Gasteiger partial charge in [-0.15, -0.1) is 0 Å². The molecular weight excluding hydrogens is 1280 g/mol. The fourth-order valence-corrected chi connectivity index (χ4v) is 18.7. The van der Waals surface area contributed by atoms with Gasteiger partial charge in [0.15, 0.2) is 37.6 Å². The van der Waals surface area contributed by atoms with Crippen LogP contribution in [0.5, 0.6) is 0 Å². The molecule has 0 spiro atoms. The first kappa shape index (κ1) is 74.7. The summed E-state index contributed by atoms with van der Waals surface area (Å²) in [6, 6.07) is 0. The van der Waals surface area contributed by atoms with Gasteiger partial charge in [0, 0.05) is 0 Å². The van der Waals surface area contributed by atoms with Crippen LogP contribution in [0.2, 0.25) is 0 Å². The van der Waals surface area contributed by atoms with Crippen LogP contribution in [-0.4, -0.2) is 326 Å². The Morgan fingerprint density at radius 3 is 1.59 bits per heavy atom. The molecule has 6 heterocycles. The van der Waals surface area contributed by atoms with Crippen LogP contribution in [0.3, 0.4) is 0 Å². The molecule has 5 aliphatic carbocycles. The molecule has 10 fully saturated rings. The van der Waals surface area contributed by atoms with Crippen LogP contribution in [0, 0.1) is 50.2 Å². The van der Waals surface area contributed by atoms with E-state index in [1.165, 1.54) is 13.8 Å². The lowest BCUT2D eigenvalue weighted by molar-refractivity contribution is -0.388. The summed E-state index contributed by atoms with van der Waals surface area (Å²) in [6.07, 6.45) is -48.8. The smallest absolute Gasteiger partial charge is 0.317 e. The highest BCUT2D eigenvalue weighted by molar-refractivity contribution is 5.80. The molecule has 96 heavy (non-hydrogen) atoms. The van der Waals surface area contributed by atoms with E-state index in [4.69, 9.17) is 56.8 Å². The van der Waals surface area contributed by atoms with Crippen molar-refractivity contribution in [3.05, 3.63) is 11.6 Å². The maximum Gasteiger partial charge on any atom is 0.317 e. The number of allylic oxidation sites excluding steroid dienone is 2. The average molecular weight is 1390 g/mol. The normalized spacial score (nSPS) is 55.1. The molecule has 11 rings (SSSR count). The van der Waals surface area contributed by atoms with Crippen LogP contribution in [0.4, 0.5) is 0 Å². The second kappa shape index (κ2) is 27.6. The molecule has 0 aromatic rings. The van der Waals surface area contributed by atoms with Crippen molar-refractivity contribution in [2.24, 2.45) is 50.2 Å². The van der Waals surface area contributed by atoms with Gasteiger partial charge < -0.3 is 154 Å². The highest BCUT2D eigenvalue weighted by Gasteiger charge is 2.75. The van der Waals surface area contributed by atoms with E-state index >= 15 is 4.79 Å². The molecule has 33 nitrogen and oxygen atoms in total. The van der Waals surface area contributed by atoms with Crippen LogP contribution in [0.1, 0.15) is 99.8 Å². The maximum atomic E-state index is 15.7. The van der Waals surface area contributed by atoms with E-state index in [9.17, 15) is 102 Å². The molecule has 0 amide bonds. The standard InChI is InChI=1S/C63H100O33/c1-22-45(91-50-41(78)34(71)26(67)19-85-50)46(92-51-42(79)35(72)27(68)20-86-51)44(81)53(88-22)93-47-36(73)28(69)21-87-54(47)96-57(84)63-13-12-58(2,3)14-24(63)23-8-9-31-59(4)15-25(66)49(62(7,56(82)83)32(59)10-11-60(31,5)61(23,6)16-33(63)70)95-55-48(40(77)38(75)30(18-65)90-55)94-52-43(80)39(76)37(74)29(17-64)89-52/h8,22,24-55,64-81H,9-21H2,1-7H3,(H,82,83)/t22-,24-,25-,26+,27-,28-,29+,30+,31+,32+,33+,34-,35-,36-,37+,38+,39-,40-,41+,42+,43+,44+,45-,46-,47+,48+,49-,50-,51-,52-,53-,54-,55-,59+,60+,61+,62-,63+/m0/s1. The van der Waals surface area contributed by atoms with Crippen LogP contribution in [0.25, 0.3) is 0 Å².